The van der Waals surface area contributed by atoms with Gasteiger partial charge in [0.2, 0.25) is 0 Å². The van der Waals surface area contributed by atoms with Gasteiger partial charge in [0, 0.05) is 24.0 Å². The molecule has 1 aromatic rings. The van der Waals surface area contributed by atoms with E-state index in [1.54, 1.807) is 7.11 Å². The molecule has 1 aliphatic carbocycles. The van der Waals surface area contributed by atoms with Crippen LogP contribution in [0.2, 0.25) is 0 Å². The number of hydrogen-bond donors (Lipinski definition) is 1. The summed E-state index contributed by atoms with van der Waals surface area (Å²) in [5.74, 6) is 0.858. The Morgan fingerprint density at radius 2 is 2.00 bits per heavy atom. The Bertz CT molecular complexity index is 328. The molecule has 0 saturated heterocycles. The molecule has 0 bridgehead atoms. The van der Waals surface area contributed by atoms with Gasteiger partial charge in [-0.3, -0.25) is 0 Å². The van der Waals surface area contributed by atoms with Gasteiger partial charge < -0.3 is 15.2 Å². The quantitative estimate of drug-likeness (QED) is 0.914. The second-order valence-electron chi connectivity index (χ2n) is 3.71. The number of nitrogens with two attached hydrogens (primary N) is 1. The van der Waals surface area contributed by atoms with E-state index in [0.717, 1.165) is 16.6 Å². The van der Waals surface area contributed by atoms with Crippen LogP contribution < -0.4 is 10.5 Å². The standard InChI is InChI=1S/C11H14BrNO2/c1-14-11-9(13)6-10(11)15-8-4-2-7(12)3-5-8/h2-5,9-11H,6,13H2,1H3. The van der Waals surface area contributed by atoms with E-state index in [1.807, 2.05) is 24.3 Å². The minimum atomic E-state index is 0.0219. The molecule has 2 N–H and O–H groups in total. The van der Waals surface area contributed by atoms with Crippen molar-refractivity contribution in [3.63, 3.8) is 0 Å². The van der Waals surface area contributed by atoms with Crippen LogP contribution in [0, 0.1) is 0 Å². The first-order valence-electron chi connectivity index (χ1n) is 4.91. The van der Waals surface area contributed by atoms with Crippen LogP contribution in [0.4, 0.5) is 0 Å². The van der Waals surface area contributed by atoms with E-state index in [-0.39, 0.29) is 18.2 Å². The van der Waals surface area contributed by atoms with Crippen molar-refractivity contribution in [3.05, 3.63) is 28.7 Å². The molecule has 3 unspecified atom stereocenters. The number of halogens is 1. The van der Waals surface area contributed by atoms with Crippen molar-refractivity contribution in [1.82, 2.24) is 0 Å². The van der Waals surface area contributed by atoms with E-state index in [0.29, 0.717) is 0 Å². The molecule has 0 heterocycles. The first kappa shape index (κ1) is 10.9. The number of methoxy groups -OCH3 is 1. The molecule has 3 atom stereocenters. The predicted octanol–water partition coefficient (Wildman–Crippen LogP) is 1.94. The molecule has 1 aromatic carbocycles. The molecule has 15 heavy (non-hydrogen) atoms. The lowest BCUT2D eigenvalue weighted by Gasteiger charge is -2.40. The summed E-state index contributed by atoms with van der Waals surface area (Å²) < 4.78 is 12.0. The smallest absolute Gasteiger partial charge is 0.128 e. The van der Waals surface area contributed by atoms with Crippen LogP contribution in [0.5, 0.6) is 5.75 Å². The topological polar surface area (TPSA) is 44.5 Å². The van der Waals surface area contributed by atoms with E-state index in [9.17, 15) is 0 Å². The molecule has 1 fully saturated rings. The van der Waals surface area contributed by atoms with Gasteiger partial charge in [-0.15, -0.1) is 0 Å². The van der Waals surface area contributed by atoms with E-state index < -0.39 is 0 Å². The maximum atomic E-state index is 5.79. The Kier molecular flexibility index (Phi) is 3.29. The Morgan fingerprint density at radius 3 is 2.53 bits per heavy atom. The molecular formula is C11H14BrNO2. The summed E-state index contributed by atoms with van der Waals surface area (Å²) in [7, 11) is 1.67. The van der Waals surface area contributed by atoms with Gasteiger partial charge in [-0.2, -0.15) is 0 Å². The maximum absolute atomic E-state index is 5.79. The molecule has 2 rings (SSSR count). The summed E-state index contributed by atoms with van der Waals surface area (Å²) in [5.41, 5.74) is 5.79. The van der Waals surface area contributed by atoms with Gasteiger partial charge in [0.25, 0.3) is 0 Å². The van der Waals surface area contributed by atoms with Crippen molar-refractivity contribution in [2.75, 3.05) is 7.11 Å². The van der Waals surface area contributed by atoms with Gasteiger partial charge in [-0.1, -0.05) is 15.9 Å². The van der Waals surface area contributed by atoms with Crippen LogP contribution in [0.3, 0.4) is 0 Å². The van der Waals surface area contributed by atoms with Gasteiger partial charge >= 0.3 is 0 Å². The van der Waals surface area contributed by atoms with Crippen LogP contribution in [-0.2, 0) is 4.74 Å². The third-order valence-electron chi connectivity index (χ3n) is 2.67. The molecular weight excluding hydrogens is 258 g/mol. The Labute approximate surface area is 97.7 Å². The fourth-order valence-corrected chi connectivity index (χ4v) is 2.01. The largest absolute Gasteiger partial charge is 0.488 e. The molecule has 0 spiro atoms. The summed E-state index contributed by atoms with van der Waals surface area (Å²) in [5, 5.41) is 0. The third-order valence-corrected chi connectivity index (χ3v) is 3.19. The average Bonchev–Trinajstić information content (AvgIpc) is 2.21. The third kappa shape index (κ3) is 2.33. The highest BCUT2D eigenvalue weighted by Gasteiger charge is 2.40. The average molecular weight is 272 g/mol. The lowest BCUT2D eigenvalue weighted by molar-refractivity contribution is -0.0782. The van der Waals surface area contributed by atoms with Crippen molar-refractivity contribution in [2.45, 2.75) is 24.7 Å². The number of hydrogen-bond acceptors (Lipinski definition) is 3. The van der Waals surface area contributed by atoms with Gasteiger partial charge in [-0.05, 0) is 24.3 Å². The first-order chi connectivity index (χ1) is 7.20. The van der Waals surface area contributed by atoms with Crippen molar-refractivity contribution >= 4 is 15.9 Å². The zero-order chi connectivity index (χ0) is 10.8. The summed E-state index contributed by atoms with van der Waals surface area (Å²) >= 11 is 3.38. The lowest BCUT2D eigenvalue weighted by Crippen LogP contribution is -2.59. The normalized spacial score (nSPS) is 29.7. The molecule has 4 heteroatoms. The monoisotopic (exact) mass is 271 g/mol. The molecule has 1 aliphatic rings. The molecule has 1 saturated carbocycles. The second kappa shape index (κ2) is 4.51. The summed E-state index contributed by atoms with van der Waals surface area (Å²) in [4.78, 5) is 0. The van der Waals surface area contributed by atoms with E-state index >= 15 is 0 Å². The number of rotatable bonds is 3. The van der Waals surface area contributed by atoms with Crippen LogP contribution in [0.15, 0.2) is 28.7 Å². The SMILES string of the molecule is COC1C(N)CC1Oc1ccc(Br)cc1. The molecule has 82 valence electrons. The van der Waals surface area contributed by atoms with E-state index in [4.69, 9.17) is 15.2 Å². The maximum Gasteiger partial charge on any atom is 0.128 e. The van der Waals surface area contributed by atoms with Gasteiger partial charge in [0.15, 0.2) is 0 Å². The van der Waals surface area contributed by atoms with Crippen molar-refractivity contribution in [3.8, 4) is 5.75 Å². The predicted molar refractivity (Wildman–Crippen MR) is 61.9 cm³/mol. The summed E-state index contributed by atoms with van der Waals surface area (Å²) in [6.45, 7) is 0. The highest BCUT2D eigenvalue weighted by Crippen LogP contribution is 2.27. The summed E-state index contributed by atoms with van der Waals surface area (Å²) in [6.07, 6.45) is 0.967. The minimum Gasteiger partial charge on any atom is -0.488 e. The van der Waals surface area contributed by atoms with Crippen LogP contribution in [0.1, 0.15) is 6.42 Å². The zero-order valence-corrected chi connectivity index (χ0v) is 10.1. The van der Waals surface area contributed by atoms with E-state index in [1.165, 1.54) is 0 Å². The first-order valence-corrected chi connectivity index (χ1v) is 5.70. The van der Waals surface area contributed by atoms with Gasteiger partial charge in [0.05, 0.1) is 0 Å². The highest BCUT2D eigenvalue weighted by atomic mass is 79.9. The van der Waals surface area contributed by atoms with E-state index in [2.05, 4.69) is 15.9 Å². The van der Waals surface area contributed by atoms with Crippen LogP contribution in [-0.4, -0.2) is 25.4 Å². The molecule has 0 radical (unpaired) electrons. The Hall–Kier alpha value is -0.580. The Balaban J connectivity index is 1.95. The molecule has 0 amide bonds. The number of ether oxygens (including phenoxy) is 2. The van der Waals surface area contributed by atoms with Crippen LogP contribution in [0.25, 0.3) is 0 Å². The van der Waals surface area contributed by atoms with Crippen molar-refractivity contribution in [2.24, 2.45) is 5.73 Å². The fraction of sp³-hybridized carbons (Fsp3) is 0.455. The second-order valence-corrected chi connectivity index (χ2v) is 4.63. The zero-order valence-electron chi connectivity index (χ0n) is 8.52. The summed E-state index contributed by atoms with van der Waals surface area (Å²) in [6, 6.07) is 7.88. The molecule has 0 aliphatic heterocycles. The number of benzene rings is 1. The molecule has 0 aromatic heterocycles. The van der Waals surface area contributed by atoms with Gasteiger partial charge in [-0.25, -0.2) is 0 Å². The lowest BCUT2D eigenvalue weighted by atomic mass is 9.86. The molecule has 3 nitrogen and oxygen atoms in total. The van der Waals surface area contributed by atoms with Gasteiger partial charge in [0.1, 0.15) is 18.0 Å². The highest BCUT2D eigenvalue weighted by molar-refractivity contribution is 9.10. The fourth-order valence-electron chi connectivity index (χ4n) is 1.75. The van der Waals surface area contributed by atoms with Crippen molar-refractivity contribution in [1.29, 1.82) is 0 Å². The van der Waals surface area contributed by atoms with Crippen molar-refractivity contribution < 1.29 is 9.47 Å². The minimum absolute atomic E-state index is 0.0219. The van der Waals surface area contributed by atoms with Crippen LogP contribution >= 0.6 is 15.9 Å². The Morgan fingerprint density at radius 1 is 1.33 bits per heavy atom.